The van der Waals surface area contributed by atoms with Crippen LogP contribution in [0.25, 0.3) is 5.57 Å². The Hall–Kier alpha value is -3.90. The van der Waals surface area contributed by atoms with Gasteiger partial charge < -0.3 is 20.9 Å². The minimum atomic E-state index is -0.533. The molecule has 9 heteroatoms. The number of nitriles is 1. The van der Waals surface area contributed by atoms with Gasteiger partial charge in [-0.25, -0.2) is 19.3 Å². The van der Waals surface area contributed by atoms with E-state index in [2.05, 4.69) is 42.6 Å². The average molecular weight is 501 g/mol. The number of hydrogen-bond donors (Lipinski definition) is 3. The van der Waals surface area contributed by atoms with Crippen LogP contribution in [-0.4, -0.2) is 52.2 Å². The molecule has 2 aromatic rings. The molecule has 0 spiro atoms. The van der Waals surface area contributed by atoms with Crippen molar-refractivity contribution in [1.82, 2.24) is 25.2 Å². The van der Waals surface area contributed by atoms with Crippen LogP contribution in [0, 0.1) is 28.5 Å². The van der Waals surface area contributed by atoms with Crippen LogP contribution in [0.5, 0.6) is 0 Å². The number of rotatable bonds is 8. The molecule has 0 amide bonds. The normalized spacial score (nSPS) is 17.9. The first-order valence-corrected chi connectivity index (χ1v) is 12.7. The molecule has 3 N–H and O–H groups in total. The van der Waals surface area contributed by atoms with Gasteiger partial charge in [-0.1, -0.05) is 26.0 Å². The summed E-state index contributed by atoms with van der Waals surface area (Å²) in [5, 5.41) is 23.3. The van der Waals surface area contributed by atoms with E-state index in [-0.39, 0.29) is 17.6 Å². The van der Waals surface area contributed by atoms with E-state index in [0.717, 1.165) is 49.9 Å². The molecule has 0 unspecified atom stereocenters. The molecule has 0 radical (unpaired) electrons. The second kappa shape index (κ2) is 11.9. The van der Waals surface area contributed by atoms with E-state index in [0.29, 0.717) is 29.4 Å². The zero-order valence-electron chi connectivity index (χ0n) is 21.6. The standard InChI is InChI=1S/C28H33FN8/c1-18(2)26(32-3)22-15-20(5-7-24(22)31)27-23(29)17-34-28(36-27)35-25-8-6-21(16-33-25)19-9-13-37(14-10-19)12-4-11-30/h5-8,15-19,31-32H,4,9-10,12-14H2,1-3H3,(H,33,34,35,36)/b26-22-,31-24?. The third-order valence-electron chi connectivity index (χ3n) is 6.80. The highest BCUT2D eigenvalue weighted by molar-refractivity contribution is 6.13. The summed E-state index contributed by atoms with van der Waals surface area (Å²) in [4.78, 5) is 15.4. The number of pyridine rings is 1. The predicted octanol–water partition coefficient (Wildman–Crippen LogP) is 4.95. The fourth-order valence-electron chi connectivity index (χ4n) is 4.81. The van der Waals surface area contributed by atoms with Crippen molar-refractivity contribution in [3.63, 3.8) is 0 Å². The van der Waals surface area contributed by atoms with Crippen molar-refractivity contribution < 1.29 is 4.39 Å². The number of nitrogens with zero attached hydrogens (tertiary/aromatic N) is 5. The molecule has 1 aliphatic carbocycles. The smallest absolute Gasteiger partial charge is 0.229 e. The largest absolute Gasteiger partial charge is 0.391 e. The molecular formula is C28H33FN8. The molecule has 1 fully saturated rings. The van der Waals surface area contributed by atoms with E-state index >= 15 is 0 Å². The molecule has 1 saturated heterocycles. The Morgan fingerprint density at radius 3 is 2.65 bits per heavy atom. The van der Waals surface area contributed by atoms with Gasteiger partial charge in [0.2, 0.25) is 5.95 Å². The lowest BCUT2D eigenvalue weighted by Gasteiger charge is -2.31. The summed E-state index contributed by atoms with van der Waals surface area (Å²) in [7, 11) is 1.83. The Kier molecular flexibility index (Phi) is 8.41. The van der Waals surface area contributed by atoms with Crippen LogP contribution in [0.1, 0.15) is 50.3 Å². The molecule has 0 aromatic carbocycles. The highest BCUT2D eigenvalue weighted by atomic mass is 19.1. The Morgan fingerprint density at radius 1 is 1.22 bits per heavy atom. The predicted molar refractivity (Wildman–Crippen MR) is 144 cm³/mol. The van der Waals surface area contributed by atoms with Crippen LogP contribution < -0.4 is 10.6 Å². The SMILES string of the molecule is CN/C(=C1/C=C(c2nc(Nc3ccc(C4CCN(CCC#N)CC4)cn3)ncc2F)C=CC1=N)C(C)C. The summed E-state index contributed by atoms with van der Waals surface area (Å²) in [6, 6.07) is 6.18. The average Bonchev–Trinajstić information content (AvgIpc) is 2.91. The summed E-state index contributed by atoms with van der Waals surface area (Å²) >= 11 is 0. The second-order valence-corrected chi connectivity index (χ2v) is 9.59. The molecule has 37 heavy (non-hydrogen) atoms. The van der Waals surface area contributed by atoms with Gasteiger partial charge in [-0.15, -0.1) is 0 Å². The van der Waals surface area contributed by atoms with Crippen LogP contribution in [0.2, 0.25) is 0 Å². The number of aromatic nitrogens is 3. The maximum atomic E-state index is 14.8. The van der Waals surface area contributed by atoms with Crippen molar-refractivity contribution in [2.24, 2.45) is 5.92 Å². The molecular weight excluding hydrogens is 467 g/mol. The highest BCUT2D eigenvalue weighted by Crippen LogP contribution is 2.29. The molecule has 0 bridgehead atoms. The molecule has 1 aliphatic heterocycles. The maximum Gasteiger partial charge on any atom is 0.229 e. The summed E-state index contributed by atoms with van der Waals surface area (Å²) in [6.07, 6.45) is 10.9. The number of allylic oxidation sites excluding steroid dienone is 6. The fraction of sp³-hybridized carbons (Fsp3) is 0.393. The number of anilines is 2. The van der Waals surface area contributed by atoms with Gasteiger partial charge in [-0.05, 0) is 61.5 Å². The number of piperidine rings is 1. The quantitative estimate of drug-likeness (QED) is 0.470. The van der Waals surface area contributed by atoms with E-state index in [4.69, 9.17) is 10.7 Å². The number of hydrogen-bond acceptors (Lipinski definition) is 8. The van der Waals surface area contributed by atoms with Crippen molar-refractivity contribution in [2.45, 2.75) is 39.0 Å². The van der Waals surface area contributed by atoms with Crippen molar-refractivity contribution in [1.29, 1.82) is 10.7 Å². The molecule has 0 atom stereocenters. The first-order valence-electron chi connectivity index (χ1n) is 12.7. The van der Waals surface area contributed by atoms with Gasteiger partial charge in [0.1, 0.15) is 11.5 Å². The zero-order valence-corrected chi connectivity index (χ0v) is 21.6. The van der Waals surface area contributed by atoms with Crippen molar-refractivity contribution >= 4 is 23.1 Å². The lowest BCUT2D eigenvalue weighted by molar-refractivity contribution is 0.216. The first-order chi connectivity index (χ1) is 17.9. The monoisotopic (exact) mass is 500 g/mol. The fourth-order valence-corrected chi connectivity index (χ4v) is 4.81. The molecule has 2 aromatic heterocycles. The van der Waals surface area contributed by atoms with E-state index in [1.807, 2.05) is 33.2 Å². The topological polar surface area (TPSA) is 114 Å². The Labute approximate surface area is 217 Å². The second-order valence-electron chi connectivity index (χ2n) is 9.59. The van der Waals surface area contributed by atoms with Gasteiger partial charge in [0.05, 0.1) is 18.0 Å². The number of nitrogens with one attached hydrogen (secondary N) is 3. The zero-order chi connectivity index (χ0) is 26.4. The Bertz CT molecular complexity index is 1260. The van der Waals surface area contributed by atoms with E-state index in [1.54, 1.807) is 18.2 Å². The summed E-state index contributed by atoms with van der Waals surface area (Å²) in [6.45, 7) is 6.91. The lowest BCUT2D eigenvalue weighted by atomic mass is 9.90. The third kappa shape index (κ3) is 6.27. The third-order valence-corrected chi connectivity index (χ3v) is 6.80. The van der Waals surface area contributed by atoms with Crippen molar-refractivity contribution in [2.75, 3.05) is 32.0 Å². The van der Waals surface area contributed by atoms with Crippen molar-refractivity contribution in [3.8, 4) is 6.07 Å². The van der Waals surface area contributed by atoms with Gasteiger partial charge >= 0.3 is 0 Å². The van der Waals surface area contributed by atoms with Gasteiger partial charge in [-0.3, -0.25) is 0 Å². The van der Waals surface area contributed by atoms with Gasteiger partial charge in [0, 0.05) is 43.1 Å². The van der Waals surface area contributed by atoms with E-state index < -0.39 is 5.82 Å². The highest BCUT2D eigenvalue weighted by Gasteiger charge is 2.21. The summed E-state index contributed by atoms with van der Waals surface area (Å²) < 4.78 is 14.8. The minimum Gasteiger partial charge on any atom is -0.391 e. The van der Waals surface area contributed by atoms with E-state index in [1.165, 1.54) is 5.56 Å². The van der Waals surface area contributed by atoms with Gasteiger partial charge in [-0.2, -0.15) is 5.26 Å². The molecule has 3 heterocycles. The summed E-state index contributed by atoms with van der Waals surface area (Å²) in [5.41, 5.74) is 3.93. The van der Waals surface area contributed by atoms with Crippen LogP contribution in [0.15, 0.2) is 54.0 Å². The van der Waals surface area contributed by atoms with Crippen LogP contribution in [0.3, 0.4) is 0 Å². The van der Waals surface area contributed by atoms with E-state index in [9.17, 15) is 4.39 Å². The van der Waals surface area contributed by atoms with Crippen LogP contribution in [-0.2, 0) is 0 Å². The number of likely N-dealkylation sites (tertiary alicyclic amines) is 1. The summed E-state index contributed by atoms with van der Waals surface area (Å²) in [5.74, 6) is 0.935. The van der Waals surface area contributed by atoms with Gasteiger partial charge in [0.25, 0.3) is 0 Å². The van der Waals surface area contributed by atoms with Gasteiger partial charge in [0.15, 0.2) is 5.82 Å². The van der Waals surface area contributed by atoms with Crippen LogP contribution in [0.4, 0.5) is 16.2 Å². The molecule has 0 saturated carbocycles. The molecule has 4 rings (SSSR count). The first kappa shape index (κ1) is 26.2. The molecule has 192 valence electrons. The van der Waals surface area contributed by atoms with Crippen molar-refractivity contribution in [3.05, 3.63) is 71.1 Å². The molecule has 8 nitrogen and oxygen atoms in total. The van der Waals surface area contributed by atoms with Crippen LogP contribution >= 0.6 is 0 Å². The Morgan fingerprint density at radius 2 is 2.00 bits per heavy atom. The lowest BCUT2D eigenvalue weighted by Crippen LogP contribution is -2.33. The molecule has 2 aliphatic rings. The maximum absolute atomic E-state index is 14.8. The number of halogens is 1. The minimum absolute atomic E-state index is 0.165. The Balaban J connectivity index is 1.48.